The number of guanidine groups is 1. The average molecular weight is 255 g/mol. The highest BCUT2D eigenvalue weighted by molar-refractivity contribution is 5.77. The number of halogens is 2. The van der Waals surface area contributed by atoms with Gasteiger partial charge in [-0.15, -0.1) is 0 Å². The third-order valence-corrected chi connectivity index (χ3v) is 2.59. The lowest BCUT2D eigenvalue weighted by atomic mass is 10.0. The smallest absolute Gasteiger partial charge is 0.188 e. The van der Waals surface area contributed by atoms with Crippen LogP contribution in [0.5, 0.6) is 0 Å². The lowest BCUT2D eigenvalue weighted by Gasteiger charge is -2.11. The van der Waals surface area contributed by atoms with E-state index in [0.29, 0.717) is 18.1 Å². The third kappa shape index (κ3) is 4.31. The number of benzene rings is 1. The van der Waals surface area contributed by atoms with E-state index < -0.39 is 11.6 Å². The molecular weight excluding hydrogens is 236 g/mol. The van der Waals surface area contributed by atoms with Crippen molar-refractivity contribution in [1.82, 2.24) is 5.32 Å². The van der Waals surface area contributed by atoms with Crippen LogP contribution in [0.3, 0.4) is 0 Å². The average Bonchev–Trinajstić information content (AvgIpc) is 2.33. The number of hydrogen-bond acceptors (Lipinski definition) is 1. The van der Waals surface area contributed by atoms with E-state index in [-0.39, 0.29) is 5.92 Å². The Morgan fingerprint density at radius 2 is 2.17 bits per heavy atom. The van der Waals surface area contributed by atoms with E-state index >= 15 is 0 Å². The second-order valence-corrected chi connectivity index (χ2v) is 4.22. The molecule has 0 heterocycles. The number of hydrogen-bond donors (Lipinski definition) is 2. The molecular formula is C13H19F2N3. The van der Waals surface area contributed by atoms with Crippen LogP contribution in [0.4, 0.5) is 8.78 Å². The van der Waals surface area contributed by atoms with Gasteiger partial charge in [0, 0.05) is 25.1 Å². The van der Waals surface area contributed by atoms with E-state index in [9.17, 15) is 8.78 Å². The quantitative estimate of drug-likeness (QED) is 0.627. The molecule has 3 nitrogen and oxygen atoms in total. The van der Waals surface area contributed by atoms with Crippen LogP contribution in [0.25, 0.3) is 0 Å². The van der Waals surface area contributed by atoms with Gasteiger partial charge in [0.25, 0.3) is 0 Å². The van der Waals surface area contributed by atoms with E-state index in [1.807, 2.05) is 13.8 Å². The SMILES string of the molecule is CCCNC(N)=NCC(C)c1ccc(F)cc1F. The van der Waals surface area contributed by atoms with Crippen molar-refractivity contribution in [3.05, 3.63) is 35.4 Å². The number of nitrogens with one attached hydrogen (secondary N) is 1. The van der Waals surface area contributed by atoms with Gasteiger partial charge in [0.2, 0.25) is 0 Å². The van der Waals surface area contributed by atoms with E-state index in [1.54, 1.807) is 0 Å². The van der Waals surface area contributed by atoms with Gasteiger partial charge in [-0.3, -0.25) is 4.99 Å². The molecule has 0 saturated carbocycles. The summed E-state index contributed by atoms with van der Waals surface area (Å²) in [7, 11) is 0. The van der Waals surface area contributed by atoms with E-state index in [1.165, 1.54) is 12.1 Å². The largest absolute Gasteiger partial charge is 0.370 e. The Labute approximate surface area is 106 Å². The van der Waals surface area contributed by atoms with Crippen LogP contribution in [0, 0.1) is 11.6 Å². The van der Waals surface area contributed by atoms with Crippen molar-refractivity contribution in [2.45, 2.75) is 26.2 Å². The predicted octanol–water partition coefficient (Wildman–Crippen LogP) is 2.38. The van der Waals surface area contributed by atoms with Crippen molar-refractivity contribution < 1.29 is 8.78 Å². The lowest BCUT2D eigenvalue weighted by molar-refractivity contribution is 0.560. The summed E-state index contributed by atoms with van der Waals surface area (Å²) in [6.45, 7) is 4.98. The maximum absolute atomic E-state index is 13.5. The van der Waals surface area contributed by atoms with E-state index in [4.69, 9.17) is 5.73 Å². The molecule has 0 radical (unpaired) electrons. The highest BCUT2D eigenvalue weighted by Crippen LogP contribution is 2.19. The molecule has 0 spiro atoms. The number of nitrogens with zero attached hydrogens (tertiary/aromatic N) is 1. The zero-order valence-electron chi connectivity index (χ0n) is 10.7. The molecule has 0 aliphatic carbocycles. The van der Waals surface area contributed by atoms with Gasteiger partial charge < -0.3 is 11.1 Å². The fourth-order valence-electron chi connectivity index (χ4n) is 1.54. The van der Waals surface area contributed by atoms with Crippen LogP contribution in [0.15, 0.2) is 23.2 Å². The summed E-state index contributed by atoms with van der Waals surface area (Å²) in [4.78, 5) is 4.12. The zero-order chi connectivity index (χ0) is 13.5. The molecule has 0 aliphatic heterocycles. The van der Waals surface area contributed by atoms with Crippen molar-refractivity contribution in [2.75, 3.05) is 13.1 Å². The Bertz CT molecular complexity index is 419. The molecule has 1 aromatic rings. The summed E-state index contributed by atoms with van der Waals surface area (Å²) in [6.07, 6.45) is 0.957. The summed E-state index contributed by atoms with van der Waals surface area (Å²) in [5.74, 6) is -0.910. The molecule has 0 saturated heterocycles. The maximum atomic E-state index is 13.5. The van der Waals surface area contributed by atoms with Crippen molar-refractivity contribution in [1.29, 1.82) is 0 Å². The summed E-state index contributed by atoms with van der Waals surface area (Å²) in [5, 5.41) is 2.94. The molecule has 1 aromatic carbocycles. The molecule has 3 N–H and O–H groups in total. The van der Waals surface area contributed by atoms with Gasteiger partial charge in [-0.1, -0.05) is 19.9 Å². The van der Waals surface area contributed by atoms with Crippen molar-refractivity contribution in [3.8, 4) is 0 Å². The predicted molar refractivity (Wildman–Crippen MR) is 69.6 cm³/mol. The van der Waals surface area contributed by atoms with Crippen LogP contribution < -0.4 is 11.1 Å². The van der Waals surface area contributed by atoms with Gasteiger partial charge in [0.1, 0.15) is 11.6 Å². The Kier molecular flexibility index (Phi) is 5.55. The van der Waals surface area contributed by atoms with Crippen LogP contribution >= 0.6 is 0 Å². The van der Waals surface area contributed by atoms with E-state index in [2.05, 4.69) is 10.3 Å². The minimum absolute atomic E-state index is 0.146. The summed E-state index contributed by atoms with van der Waals surface area (Å²) in [5.41, 5.74) is 6.08. The summed E-state index contributed by atoms with van der Waals surface area (Å²) >= 11 is 0. The monoisotopic (exact) mass is 255 g/mol. The van der Waals surface area contributed by atoms with Gasteiger partial charge in [0.05, 0.1) is 0 Å². The Morgan fingerprint density at radius 1 is 1.44 bits per heavy atom. The van der Waals surface area contributed by atoms with Crippen LogP contribution in [-0.2, 0) is 0 Å². The zero-order valence-corrected chi connectivity index (χ0v) is 10.7. The maximum Gasteiger partial charge on any atom is 0.188 e. The molecule has 5 heteroatoms. The van der Waals surface area contributed by atoms with Gasteiger partial charge in [0.15, 0.2) is 5.96 Å². The molecule has 0 fully saturated rings. The second kappa shape index (κ2) is 6.93. The first-order valence-corrected chi connectivity index (χ1v) is 6.03. The first-order valence-electron chi connectivity index (χ1n) is 6.03. The van der Waals surface area contributed by atoms with Crippen molar-refractivity contribution in [3.63, 3.8) is 0 Å². The Hall–Kier alpha value is -1.65. The van der Waals surface area contributed by atoms with Crippen molar-refractivity contribution in [2.24, 2.45) is 10.7 Å². The normalized spacial score (nSPS) is 13.4. The topological polar surface area (TPSA) is 50.4 Å². The van der Waals surface area contributed by atoms with Gasteiger partial charge in [-0.2, -0.15) is 0 Å². The van der Waals surface area contributed by atoms with E-state index in [0.717, 1.165) is 19.0 Å². The summed E-state index contributed by atoms with van der Waals surface area (Å²) in [6, 6.07) is 3.58. The molecule has 0 amide bonds. The molecule has 0 aliphatic rings. The standard InChI is InChI=1S/C13H19F2N3/c1-3-6-17-13(16)18-8-9(2)11-5-4-10(14)7-12(11)15/h4-5,7,9H,3,6,8H2,1-2H3,(H3,16,17,18). The minimum Gasteiger partial charge on any atom is -0.370 e. The van der Waals surface area contributed by atoms with Crippen molar-refractivity contribution >= 4 is 5.96 Å². The fourth-order valence-corrected chi connectivity index (χ4v) is 1.54. The first-order chi connectivity index (χ1) is 8.54. The summed E-state index contributed by atoms with van der Waals surface area (Å²) < 4.78 is 26.3. The van der Waals surface area contributed by atoms with Gasteiger partial charge in [-0.05, 0) is 18.1 Å². The molecule has 1 rings (SSSR count). The molecule has 0 aromatic heterocycles. The van der Waals surface area contributed by atoms with Crippen LogP contribution in [0.2, 0.25) is 0 Å². The Balaban J connectivity index is 2.62. The highest BCUT2D eigenvalue weighted by atomic mass is 19.1. The Morgan fingerprint density at radius 3 is 2.78 bits per heavy atom. The number of aliphatic imine (C=N–C) groups is 1. The second-order valence-electron chi connectivity index (χ2n) is 4.22. The third-order valence-electron chi connectivity index (χ3n) is 2.59. The molecule has 100 valence electrons. The number of nitrogens with two attached hydrogens (primary N) is 1. The lowest BCUT2D eigenvalue weighted by Crippen LogP contribution is -2.32. The van der Waals surface area contributed by atoms with Gasteiger partial charge >= 0.3 is 0 Å². The molecule has 18 heavy (non-hydrogen) atoms. The highest BCUT2D eigenvalue weighted by Gasteiger charge is 2.11. The molecule has 1 unspecified atom stereocenters. The minimum atomic E-state index is -0.573. The number of rotatable bonds is 5. The first kappa shape index (κ1) is 14.4. The molecule has 0 bridgehead atoms. The van der Waals surface area contributed by atoms with Crippen LogP contribution in [-0.4, -0.2) is 19.0 Å². The molecule has 1 atom stereocenters. The van der Waals surface area contributed by atoms with Crippen LogP contribution in [0.1, 0.15) is 31.7 Å². The van der Waals surface area contributed by atoms with Gasteiger partial charge in [-0.25, -0.2) is 8.78 Å². The fraction of sp³-hybridized carbons (Fsp3) is 0.462.